The molecule has 2 nitrogen and oxygen atoms in total. The van der Waals surface area contributed by atoms with Crippen LogP contribution in [-0.4, -0.2) is 10.9 Å². The minimum atomic E-state index is -0.0172. The van der Waals surface area contributed by atoms with Gasteiger partial charge in [0.15, 0.2) is 0 Å². The lowest BCUT2D eigenvalue weighted by molar-refractivity contribution is -0.118. The maximum atomic E-state index is 11.5. The molecule has 14 heavy (non-hydrogen) atoms. The number of benzene rings is 1. The monoisotopic (exact) mass is 254 g/mol. The highest BCUT2D eigenvalue weighted by atomic mass is 79.9. The second-order valence-electron chi connectivity index (χ2n) is 3.62. The highest BCUT2D eigenvalue weighted by molar-refractivity contribution is 9.10. The molecule has 0 radical (unpaired) electrons. The van der Waals surface area contributed by atoms with Gasteiger partial charge in [-0.05, 0) is 36.6 Å². The average Bonchev–Trinajstić information content (AvgIpc) is 2.56. The van der Waals surface area contributed by atoms with Crippen molar-refractivity contribution in [3.63, 3.8) is 0 Å². The van der Waals surface area contributed by atoms with E-state index in [4.69, 9.17) is 0 Å². The minimum Gasteiger partial charge on any atom is -0.508 e. The standard InChI is InChI=1S/C11H11BrO2/c12-10-5-4-7(13)6-9(10)8-2-1-3-11(8)14/h4-6,8,13H,1-3H2. The molecule has 0 spiro atoms. The van der Waals surface area contributed by atoms with Crippen molar-refractivity contribution in [1.29, 1.82) is 0 Å². The van der Waals surface area contributed by atoms with Gasteiger partial charge in [0.25, 0.3) is 0 Å². The molecule has 1 atom stereocenters. The lowest BCUT2D eigenvalue weighted by Crippen LogP contribution is -2.04. The number of carbonyl (C=O) groups is 1. The maximum absolute atomic E-state index is 11.5. The van der Waals surface area contributed by atoms with Gasteiger partial charge in [-0.3, -0.25) is 4.79 Å². The molecule has 0 heterocycles. The fourth-order valence-corrected chi connectivity index (χ4v) is 2.47. The summed E-state index contributed by atoms with van der Waals surface area (Å²) < 4.78 is 0.913. The molecule has 1 aromatic rings. The van der Waals surface area contributed by atoms with E-state index in [-0.39, 0.29) is 17.5 Å². The number of rotatable bonds is 1. The molecule has 2 rings (SSSR count). The Kier molecular flexibility index (Phi) is 2.59. The van der Waals surface area contributed by atoms with E-state index >= 15 is 0 Å². The number of Topliss-reactive ketones (excluding diaryl/α,β-unsaturated/α-hetero) is 1. The number of halogens is 1. The van der Waals surface area contributed by atoms with Gasteiger partial charge in [0.2, 0.25) is 0 Å². The molecule has 1 unspecified atom stereocenters. The van der Waals surface area contributed by atoms with Gasteiger partial charge in [0.1, 0.15) is 11.5 Å². The normalized spacial score (nSPS) is 21.5. The van der Waals surface area contributed by atoms with Gasteiger partial charge >= 0.3 is 0 Å². The van der Waals surface area contributed by atoms with Gasteiger partial charge in [0.05, 0.1) is 0 Å². The maximum Gasteiger partial charge on any atom is 0.140 e. The second kappa shape index (κ2) is 3.73. The summed E-state index contributed by atoms with van der Waals surface area (Å²) in [6.07, 6.45) is 2.54. The van der Waals surface area contributed by atoms with Gasteiger partial charge in [-0.15, -0.1) is 0 Å². The third kappa shape index (κ3) is 1.69. The van der Waals surface area contributed by atoms with Crippen molar-refractivity contribution < 1.29 is 9.90 Å². The summed E-state index contributed by atoms with van der Waals surface area (Å²) in [6.45, 7) is 0. The van der Waals surface area contributed by atoms with Crippen LogP contribution in [0.3, 0.4) is 0 Å². The quantitative estimate of drug-likeness (QED) is 0.837. The molecule has 1 fully saturated rings. The van der Waals surface area contributed by atoms with Crippen LogP contribution in [-0.2, 0) is 4.79 Å². The molecular formula is C11H11BrO2. The van der Waals surface area contributed by atoms with Crippen LogP contribution < -0.4 is 0 Å². The Labute approximate surface area is 91.1 Å². The number of phenols is 1. The van der Waals surface area contributed by atoms with Gasteiger partial charge in [-0.1, -0.05) is 15.9 Å². The topological polar surface area (TPSA) is 37.3 Å². The third-order valence-electron chi connectivity index (χ3n) is 2.66. The van der Waals surface area contributed by atoms with Crippen molar-refractivity contribution in [1.82, 2.24) is 0 Å². The van der Waals surface area contributed by atoms with Gasteiger partial charge < -0.3 is 5.11 Å². The molecular weight excluding hydrogens is 244 g/mol. The molecule has 1 aliphatic carbocycles. The van der Waals surface area contributed by atoms with Gasteiger partial charge in [-0.25, -0.2) is 0 Å². The molecule has 3 heteroatoms. The number of hydrogen-bond donors (Lipinski definition) is 1. The summed E-state index contributed by atoms with van der Waals surface area (Å²) in [5, 5.41) is 9.35. The summed E-state index contributed by atoms with van der Waals surface area (Å²) in [5.41, 5.74) is 0.924. The molecule has 0 aromatic heterocycles. The van der Waals surface area contributed by atoms with E-state index in [0.29, 0.717) is 6.42 Å². The summed E-state index contributed by atoms with van der Waals surface area (Å²) >= 11 is 3.40. The first-order chi connectivity index (χ1) is 6.68. The van der Waals surface area contributed by atoms with Crippen LogP contribution in [0.15, 0.2) is 22.7 Å². The zero-order valence-electron chi connectivity index (χ0n) is 7.66. The van der Waals surface area contributed by atoms with Crippen molar-refractivity contribution in [2.24, 2.45) is 0 Å². The fourth-order valence-electron chi connectivity index (χ4n) is 1.94. The van der Waals surface area contributed by atoms with E-state index in [1.165, 1.54) is 0 Å². The smallest absolute Gasteiger partial charge is 0.140 e. The molecule has 74 valence electrons. The van der Waals surface area contributed by atoms with E-state index < -0.39 is 0 Å². The Hall–Kier alpha value is -0.830. The number of aromatic hydroxyl groups is 1. The summed E-state index contributed by atoms with van der Waals surface area (Å²) in [5.74, 6) is 0.496. The first-order valence-electron chi connectivity index (χ1n) is 4.69. The lowest BCUT2D eigenvalue weighted by Gasteiger charge is -2.10. The molecule has 0 bridgehead atoms. The number of phenolic OH excluding ortho intramolecular Hbond substituents is 1. The highest BCUT2D eigenvalue weighted by Gasteiger charge is 2.27. The first-order valence-corrected chi connectivity index (χ1v) is 5.49. The van der Waals surface area contributed by atoms with Crippen LogP contribution in [0.5, 0.6) is 5.75 Å². The van der Waals surface area contributed by atoms with Crippen LogP contribution in [0.25, 0.3) is 0 Å². The summed E-state index contributed by atoms with van der Waals surface area (Å²) in [4.78, 5) is 11.5. The van der Waals surface area contributed by atoms with E-state index in [0.717, 1.165) is 22.9 Å². The molecule has 1 aromatic carbocycles. The van der Waals surface area contributed by atoms with Crippen LogP contribution in [0.4, 0.5) is 0 Å². The van der Waals surface area contributed by atoms with E-state index in [1.54, 1.807) is 18.2 Å². The Balaban J connectivity index is 2.39. The molecule has 1 N–H and O–H groups in total. The Morgan fingerprint density at radius 2 is 2.21 bits per heavy atom. The number of ketones is 1. The first kappa shape index (κ1) is 9.71. The zero-order chi connectivity index (χ0) is 10.1. The third-order valence-corrected chi connectivity index (χ3v) is 3.38. The van der Waals surface area contributed by atoms with Crippen molar-refractivity contribution in [2.45, 2.75) is 25.2 Å². The highest BCUT2D eigenvalue weighted by Crippen LogP contribution is 2.36. The van der Waals surface area contributed by atoms with E-state index in [2.05, 4.69) is 15.9 Å². The van der Waals surface area contributed by atoms with Crippen LogP contribution in [0, 0.1) is 0 Å². The minimum absolute atomic E-state index is 0.0172. The average molecular weight is 255 g/mol. The van der Waals surface area contributed by atoms with Crippen molar-refractivity contribution in [3.05, 3.63) is 28.2 Å². The lowest BCUT2D eigenvalue weighted by atomic mass is 9.97. The fraction of sp³-hybridized carbons (Fsp3) is 0.364. The van der Waals surface area contributed by atoms with Crippen LogP contribution >= 0.6 is 15.9 Å². The second-order valence-corrected chi connectivity index (χ2v) is 4.47. The predicted molar refractivity (Wildman–Crippen MR) is 57.4 cm³/mol. The van der Waals surface area contributed by atoms with Gasteiger partial charge in [-0.2, -0.15) is 0 Å². The van der Waals surface area contributed by atoms with Gasteiger partial charge in [0, 0.05) is 16.8 Å². The molecule has 1 aliphatic rings. The Morgan fingerprint density at radius 3 is 2.86 bits per heavy atom. The molecule has 0 aliphatic heterocycles. The van der Waals surface area contributed by atoms with Crippen molar-refractivity contribution in [3.8, 4) is 5.75 Å². The zero-order valence-corrected chi connectivity index (χ0v) is 9.25. The Morgan fingerprint density at radius 1 is 1.43 bits per heavy atom. The Bertz CT molecular complexity index is 374. The SMILES string of the molecule is O=C1CCCC1c1cc(O)ccc1Br. The predicted octanol–water partition coefficient (Wildman–Crippen LogP) is 2.99. The summed E-state index contributed by atoms with van der Waals surface area (Å²) in [7, 11) is 0. The van der Waals surface area contributed by atoms with Crippen LogP contribution in [0.2, 0.25) is 0 Å². The van der Waals surface area contributed by atoms with E-state index in [1.807, 2.05) is 0 Å². The van der Waals surface area contributed by atoms with Crippen molar-refractivity contribution in [2.75, 3.05) is 0 Å². The molecule has 0 saturated heterocycles. The largest absolute Gasteiger partial charge is 0.508 e. The van der Waals surface area contributed by atoms with Crippen molar-refractivity contribution >= 4 is 21.7 Å². The molecule has 0 amide bonds. The van der Waals surface area contributed by atoms with Crippen LogP contribution in [0.1, 0.15) is 30.7 Å². The molecule has 1 saturated carbocycles. The summed E-state index contributed by atoms with van der Waals surface area (Å²) in [6, 6.07) is 5.08. The number of carbonyl (C=O) groups excluding carboxylic acids is 1. The number of hydrogen-bond acceptors (Lipinski definition) is 2. The van der Waals surface area contributed by atoms with E-state index in [9.17, 15) is 9.90 Å².